The van der Waals surface area contributed by atoms with Crippen molar-refractivity contribution in [2.75, 3.05) is 11.9 Å². The summed E-state index contributed by atoms with van der Waals surface area (Å²) in [5, 5.41) is 5.36. The molecule has 0 radical (unpaired) electrons. The fourth-order valence-corrected chi connectivity index (χ4v) is 2.33. The summed E-state index contributed by atoms with van der Waals surface area (Å²) in [5.41, 5.74) is 2.90. The Hall–Kier alpha value is -3.15. The van der Waals surface area contributed by atoms with Gasteiger partial charge >= 0.3 is 6.03 Å². The van der Waals surface area contributed by atoms with Gasteiger partial charge < -0.3 is 15.1 Å². The van der Waals surface area contributed by atoms with Gasteiger partial charge in [0, 0.05) is 24.2 Å². The number of anilines is 1. The minimum absolute atomic E-state index is 0.388. The first-order valence-corrected chi connectivity index (χ1v) is 7.92. The van der Waals surface area contributed by atoms with E-state index in [1.807, 2.05) is 30.3 Å². The van der Waals surface area contributed by atoms with Gasteiger partial charge in [0.1, 0.15) is 12.1 Å². The standard InChI is InChI=1S/C19H18FN3O2/c1-13-7-8-15(20)11-17(13)23-19(24)21-10-9-16-12-25-18(22-16)14-5-3-2-4-6-14/h2-8,11-12H,9-10H2,1H3,(H2,21,23,24). The first-order chi connectivity index (χ1) is 12.1. The highest BCUT2D eigenvalue weighted by molar-refractivity contribution is 5.90. The lowest BCUT2D eigenvalue weighted by atomic mass is 10.2. The summed E-state index contributed by atoms with van der Waals surface area (Å²) in [4.78, 5) is 16.3. The fourth-order valence-electron chi connectivity index (χ4n) is 2.33. The summed E-state index contributed by atoms with van der Waals surface area (Å²) in [6.07, 6.45) is 2.12. The molecule has 0 unspecified atom stereocenters. The number of benzene rings is 2. The fraction of sp³-hybridized carbons (Fsp3) is 0.158. The van der Waals surface area contributed by atoms with Gasteiger partial charge in [-0.1, -0.05) is 24.3 Å². The molecular formula is C19H18FN3O2. The summed E-state index contributed by atoms with van der Waals surface area (Å²) >= 11 is 0. The Morgan fingerprint density at radius 1 is 1.20 bits per heavy atom. The molecule has 0 atom stereocenters. The Morgan fingerprint density at radius 2 is 2.00 bits per heavy atom. The number of aryl methyl sites for hydroxylation is 1. The minimum atomic E-state index is -0.392. The lowest BCUT2D eigenvalue weighted by Crippen LogP contribution is -2.30. The highest BCUT2D eigenvalue weighted by Gasteiger charge is 2.08. The Morgan fingerprint density at radius 3 is 2.80 bits per heavy atom. The Kier molecular flexibility index (Phi) is 5.09. The van der Waals surface area contributed by atoms with Crippen molar-refractivity contribution in [3.05, 3.63) is 71.9 Å². The lowest BCUT2D eigenvalue weighted by Gasteiger charge is -2.09. The number of hydrogen-bond donors (Lipinski definition) is 2. The molecule has 1 aromatic heterocycles. The van der Waals surface area contributed by atoms with Gasteiger partial charge in [-0.3, -0.25) is 0 Å². The quantitative estimate of drug-likeness (QED) is 0.734. The molecule has 25 heavy (non-hydrogen) atoms. The molecular weight excluding hydrogens is 321 g/mol. The number of carbonyl (C=O) groups excluding carboxylic acids is 1. The van der Waals surface area contributed by atoms with E-state index in [0.717, 1.165) is 16.8 Å². The summed E-state index contributed by atoms with van der Waals surface area (Å²) in [6.45, 7) is 2.19. The molecule has 128 valence electrons. The Balaban J connectivity index is 1.50. The average molecular weight is 339 g/mol. The summed E-state index contributed by atoms with van der Waals surface area (Å²) < 4.78 is 18.7. The largest absolute Gasteiger partial charge is 0.444 e. The van der Waals surface area contributed by atoms with Gasteiger partial charge in [0.25, 0.3) is 0 Å². The van der Waals surface area contributed by atoms with Crippen molar-refractivity contribution < 1.29 is 13.6 Å². The van der Waals surface area contributed by atoms with Crippen molar-refractivity contribution in [3.63, 3.8) is 0 Å². The van der Waals surface area contributed by atoms with E-state index in [1.54, 1.807) is 19.3 Å². The van der Waals surface area contributed by atoms with Crippen LogP contribution in [-0.2, 0) is 6.42 Å². The van der Waals surface area contributed by atoms with Crippen LogP contribution in [0, 0.1) is 12.7 Å². The number of amides is 2. The number of halogens is 1. The number of urea groups is 1. The van der Waals surface area contributed by atoms with Crippen LogP contribution in [-0.4, -0.2) is 17.6 Å². The van der Waals surface area contributed by atoms with E-state index < -0.39 is 5.82 Å². The van der Waals surface area contributed by atoms with Crippen LogP contribution in [0.15, 0.2) is 59.2 Å². The molecule has 2 amide bonds. The number of nitrogens with one attached hydrogen (secondary N) is 2. The molecule has 0 bridgehead atoms. The van der Waals surface area contributed by atoms with Crippen molar-refractivity contribution in [1.82, 2.24) is 10.3 Å². The van der Waals surface area contributed by atoms with Gasteiger partial charge in [-0.2, -0.15) is 0 Å². The van der Waals surface area contributed by atoms with E-state index >= 15 is 0 Å². The van der Waals surface area contributed by atoms with E-state index in [2.05, 4.69) is 15.6 Å². The van der Waals surface area contributed by atoms with E-state index in [4.69, 9.17) is 4.42 Å². The highest BCUT2D eigenvalue weighted by Crippen LogP contribution is 2.18. The second-order valence-corrected chi connectivity index (χ2v) is 5.60. The number of oxazole rings is 1. The van der Waals surface area contributed by atoms with Crippen LogP contribution in [0.4, 0.5) is 14.9 Å². The van der Waals surface area contributed by atoms with Crippen LogP contribution in [0.2, 0.25) is 0 Å². The third-order valence-corrected chi connectivity index (χ3v) is 3.69. The number of hydrogen-bond acceptors (Lipinski definition) is 3. The Bertz CT molecular complexity index is 862. The van der Waals surface area contributed by atoms with E-state index in [0.29, 0.717) is 24.5 Å². The van der Waals surface area contributed by atoms with Crippen LogP contribution >= 0.6 is 0 Å². The molecule has 3 aromatic rings. The van der Waals surface area contributed by atoms with Gasteiger partial charge in [-0.25, -0.2) is 14.2 Å². The molecule has 2 N–H and O–H groups in total. The third-order valence-electron chi connectivity index (χ3n) is 3.69. The van der Waals surface area contributed by atoms with E-state index in [1.165, 1.54) is 12.1 Å². The number of aromatic nitrogens is 1. The molecule has 0 aliphatic rings. The maximum Gasteiger partial charge on any atom is 0.319 e. The lowest BCUT2D eigenvalue weighted by molar-refractivity contribution is 0.252. The first kappa shape index (κ1) is 16.7. The summed E-state index contributed by atoms with van der Waals surface area (Å²) in [7, 11) is 0. The maximum atomic E-state index is 13.2. The molecule has 2 aromatic carbocycles. The van der Waals surface area contributed by atoms with Crippen LogP contribution in [0.3, 0.4) is 0 Å². The molecule has 0 saturated carbocycles. The zero-order valence-electron chi connectivity index (χ0n) is 13.8. The normalized spacial score (nSPS) is 10.5. The molecule has 0 spiro atoms. The van der Waals surface area contributed by atoms with Gasteiger partial charge in [0.15, 0.2) is 0 Å². The zero-order chi connectivity index (χ0) is 17.6. The molecule has 0 saturated heterocycles. The van der Waals surface area contributed by atoms with Gasteiger partial charge in [-0.15, -0.1) is 0 Å². The van der Waals surface area contributed by atoms with Crippen LogP contribution in [0.5, 0.6) is 0 Å². The molecule has 1 heterocycles. The summed E-state index contributed by atoms with van der Waals surface area (Å²) in [6, 6.07) is 13.5. The van der Waals surface area contributed by atoms with Gasteiger partial charge in [0.2, 0.25) is 5.89 Å². The maximum absolute atomic E-state index is 13.2. The second kappa shape index (κ2) is 7.61. The minimum Gasteiger partial charge on any atom is -0.444 e. The van der Waals surface area contributed by atoms with Crippen LogP contribution in [0.1, 0.15) is 11.3 Å². The average Bonchev–Trinajstić information content (AvgIpc) is 3.08. The monoisotopic (exact) mass is 339 g/mol. The molecule has 0 aliphatic carbocycles. The number of rotatable bonds is 5. The SMILES string of the molecule is Cc1ccc(F)cc1NC(=O)NCCc1coc(-c2ccccc2)n1. The molecule has 5 nitrogen and oxygen atoms in total. The third kappa shape index (κ3) is 4.44. The van der Waals surface area contributed by atoms with Crippen LogP contribution < -0.4 is 10.6 Å². The first-order valence-electron chi connectivity index (χ1n) is 7.92. The molecule has 0 fully saturated rings. The predicted molar refractivity (Wildman–Crippen MR) is 93.8 cm³/mol. The van der Waals surface area contributed by atoms with Gasteiger partial charge in [0.05, 0.1) is 5.69 Å². The zero-order valence-corrected chi connectivity index (χ0v) is 13.8. The number of carbonyl (C=O) groups is 1. The van der Waals surface area contributed by atoms with Crippen LogP contribution in [0.25, 0.3) is 11.5 Å². The van der Waals surface area contributed by atoms with Crippen molar-refractivity contribution in [2.45, 2.75) is 13.3 Å². The van der Waals surface area contributed by atoms with Crippen molar-refractivity contribution in [2.24, 2.45) is 0 Å². The van der Waals surface area contributed by atoms with Crippen molar-refractivity contribution in [3.8, 4) is 11.5 Å². The van der Waals surface area contributed by atoms with E-state index in [9.17, 15) is 9.18 Å². The smallest absolute Gasteiger partial charge is 0.319 e. The number of nitrogens with zero attached hydrogens (tertiary/aromatic N) is 1. The molecule has 3 rings (SSSR count). The highest BCUT2D eigenvalue weighted by atomic mass is 19.1. The van der Waals surface area contributed by atoms with E-state index in [-0.39, 0.29) is 6.03 Å². The predicted octanol–water partition coefficient (Wildman–Crippen LogP) is 4.15. The molecule has 6 heteroatoms. The molecule has 0 aliphatic heterocycles. The topological polar surface area (TPSA) is 67.2 Å². The van der Waals surface area contributed by atoms with Crippen molar-refractivity contribution in [1.29, 1.82) is 0 Å². The van der Waals surface area contributed by atoms with Gasteiger partial charge in [-0.05, 0) is 36.8 Å². The summed E-state index contributed by atoms with van der Waals surface area (Å²) in [5.74, 6) is 0.160. The second-order valence-electron chi connectivity index (χ2n) is 5.60. The van der Waals surface area contributed by atoms with Crippen molar-refractivity contribution >= 4 is 11.7 Å². The Labute approximate surface area is 144 Å².